The van der Waals surface area contributed by atoms with E-state index in [9.17, 15) is 9.90 Å². The summed E-state index contributed by atoms with van der Waals surface area (Å²) in [6.07, 6.45) is 7.41. The smallest absolute Gasteiger partial charge is 0.252 e. The molecule has 0 bridgehead atoms. The van der Waals surface area contributed by atoms with Crippen molar-refractivity contribution in [1.82, 2.24) is 15.2 Å². The van der Waals surface area contributed by atoms with Crippen molar-refractivity contribution in [3.63, 3.8) is 0 Å². The zero-order chi connectivity index (χ0) is 19.8. The van der Waals surface area contributed by atoms with Crippen molar-refractivity contribution < 1.29 is 14.6 Å². The molecule has 29 heavy (non-hydrogen) atoms. The number of hydrogen-bond acceptors (Lipinski definition) is 6. The number of likely N-dealkylation sites (tertiary alicyclic amines) is 1. The summed E-state index contributed by atoms with van der Waals surface area (Å²) in [5, 5.41) is 14.2. The second-order valence-corrected chi connectivity index (χ2v) is 9.03. The second-order valence-electron chi connectivity index (χ2n) is 9.03. The first-order valence-electron chi connectivity index (χ1n) is 11.2. The van der Waals surface area contributed by atoms with Gasteiger partial charge in [-0.2, -0.15) is 0 Å². The van der Waals surface area contributed by atoms with Gasteiger partial charge in [-0.3, -0.25) is 4.79 Å². The van der Waals surface area contributed by atoms with Gasteiger partial charge < -0.3 is 25.0 Å². The molecule has 1 aliphatic carbocycles. The van der Waals surface area contributed by atoms with Crippen molar-refractivity contribution >= 4 is 11.7 Å². The minimum absolute atomic E-state index is 0.0485. The minimum atomic E-state index is -0.562. The van der Waals surface area contributed by atoms with E-state index in [1.54, 1.807) is 0 Å². The van der Waals surface area contributed by atoms with E-state index in [0.29, 0.717) is 31.7 Å². The second kappa shape index (κ2) is 8.20. The molecular weight excluding hydrogens is 368 g/mol. The molecule has 0 spiro atoms. The molecule has 1 aromatic rings. The number of β-amino-alcohol motifs (C(OH)–C–C–N with tert-alkyl or cyclic N) is 1. The quantitative estimate of drug-likeness (QED) is 0.749. The molecule has 7 heteroatoms. The minimum Gasteiger partial charge on any atom is -0.389 e. The fourth-order valence-corrected chi connectivity index (χ4v) is 5.02. The first kappa shape index (κ1) is 19.3. The van der Waals surface area contributed by atoms with E-state index in [0.717, 1.165) is 38.2 Å². The third-order valence-electron chi connectivity index (χ3n) is 6.94. The Balaban J connectivity index is 1.15. The molecule has 3 saturated heterocycles. The average molecular weight is 401 g/mol. The Morgan fingerprint density at radius 2 is 2.07 bits per heavy atom. The maximum Gasteiger partial charge on any atom is 0.252 e. The van der Waals surface area contributed by atoms with E-state index in [1.165, 1.54) is 24.8 Å². The van der Waals surface area contributed by atoms with Gasteiger partial charge in [-0.1, -0.05) is 6.07 Å². The van der Waals surface area contributed by atoms with Gasteiger partial charge in [0, 0.05) is 38.3 Å². The van der Waals surface area contributed by atoms with Gasteiger partial charge in [-0.15, -0.1) is 0 Å². The molecule has 0 radical (unpaired) electrons. The summed E-state index contributed by atoms with van der Waals surface area (Å²) >= 11 is 0. The highest BCUT2D eigenvalue weighted by Crippen LogP contribution is 2.40. The third-order valence-corrected chi connectivity index (χ3v) is 6.94. The topological polar surface area (TPSA) is 77.9 Å². The Bertz CT molecular complexity index is 717. The highest BCUT2D eigenvalue weighted by Gasteiger charge is 2.41. The predicted molar refractivity (Wildman–Crippen MR) is 110 cm³/mol. The number of anilines is 1. The van der Waals surface area contributed by atoms with Gasteiger partial charge in [0.1, 0.15) is 11.9 Å². The van der Waals surface area contributed by atoms with Crippen LogP contribution in [0.4, 0.5) is 5.82 Å². The van der Waals surface area contributed by atoms with E-state index in [-0.39, 0.29) is 18.1 Å². The van der Waals surface area contributed by atoms with Crippen molar-refractivity contribution in [2.75, 3.05) is 37.7 Å². The van der Waals surface area contributed by atoms with Crippen LogP contribution in [0.1, 0.15) is 50.0 Å². The highest BCUT2D eigenvalue weighted by molar-refractivity contribution is 5.83. The van der Waals surface area contributed by atoms with E-state index in [2.05, 4.69) is 27.3 Å². The van der Waals surface area contributed by atoms with Crippen LogP contribution in [0.15, 0.2) is 18.3 Å². The monoisotopic (exact) mass is 400 g/mol. The van der Waals surface area contributed by atoms with Crippen LogP contribution in [0, 0.1) is 0 Å². The fraction of sp³-hybridized carbons (Fsp3) is 0.727. The molecule has 1 saturated carbocycles. The molecule has 158 valence electrons. The maximum atomic E-state index is 12.9. The fourth-order valence-electron chi connectivity index (χ4n) is 5.02. The number of piperidine rings is 1. The molecule has 5 rings (SSSR count). The van der Waals surface area contributed by atoms with Crippen molar-refractivity contribution in [3.05, 3.63) is 23.9 Å². The zero-order valence-electron chi connectivity index (χ0n) is 17.0. The van der Waals surface area contributed by atoms with Gasteiger partial charge in [-0.25, -0.2) is 4.98 Å². The zero-order valence-corrected chi connectivity index (χ0v) is 17.0. The summed E-state index contributed by atoms with van der Waals surface area (Å²) < 4.78 is 5.93. The Morgan fingerprint density at radius 3 is 2.76 bits per heavy atom. The molecular formula is C22H32N4O3. The molecule has 4 aliphatic rings. The Morgan fingerprint density at radius 1 is 1.17 bits per heavy atom. The molecule has 7 nitrogen and oxygen atoms in total. The van der Waals surface area contributed by atoms with Crippen LogP contribution in [0.25, 0.3) is 0 Å². The predicted octanol–water partition coefficient (Wildman–Crippen LogP) is 1.27. The van der Waals surface area contributed by atoms with E-state index in [4.69, 9.17) is 4.74 Å². The van der Waals surface area contributed by atoms with Crippen molar-refractivity contribution in [2.45, 2.75) is 68.7 Å². The van der Waals surface area contributed by atoms with E-state index < -0.39 is 6.10 Å². The molecule has 1 amide bonds. The van der Waals surface area contributed by atoms with Gasteiger partial charge in [-0.05, 0) is 56.2 Å². The molecule has 4 atom stereocenters. The summed E-state index contributed by atoms with van der Waals surface area (Å²) in [5.41, 5.74) is 1.32. The van der Waals surface area contributed by atoms with Crippen LogP contribution < -0.4 is 10.2 Å². The van der Waals surface area contributed by atoms with Gasteiger partial charge in [0.25, 0.3) is 5.91 Å². The molecule has 3 aliphatic heterocycles. The molecule has 2 N–H and O–H groups in total. The van der Waals surface area contributed by atoms with Crippen LogP contribution in [0.2, 0.25) is 0 Å². The number of rotatable bonds is 6. The SMILES string of the molecule is O=C1C(OCC2CCCN2)CCN1C1CCN(c2ccc(C3CC3)cn2)CC1O. The summed E-state index contributed by atoms with van der Waals surface area (Å²) in [6.45, 7) is 3.65. The number of aliphatic hydroxyl groups is 1. The van der Waals surface area contributed by atoms with Crippen LogP contribution in [0.3, 0.4) is 0 Å². The van der Waals surface area contributed by atoms with E-state index in [1.807, 2.05) is 11.1 Å². The highest BCUT2D eigenvalue weighted by atomic mass is 16.5. The van der Waals surface area contributed by atoms with E-state index >= 15 is 0 Å². The first-order valence-corrected chi connectivity index (χ1v) is 11.2. The van der Waals surface area contributed by atoms with Crippen LogP contribution in [-0.4, -0.2) is 78.0 Å². The number of carbonyl (C=O) groups excluding carboxylic acids is 1. The number of amides is 1. The van der Waals surface area contributed by atoms with Gasteiger partial charge >= 0.3 is 0 Å². The van der Waals surface area contributed by atoms with Crippen LogP contribution >= 0.6 is 0 Å². The Kier molecular flexibility index (Phi) is 5.45. The summed E-state index contributed by atoms with van der Waals surface area (Å²) in [7, 11) is 0. The largest absolute Gasteiger partial charge is 0.389 e. The van der Waals surface area contributed by atoms with Crippen LogP contribution in [0.5, 0.6) is 0 Å². The van der Waals surface area contributed by atoms with Gasteiger partial charge in [0.15, 0.2) is 0 Å². The van der Waals surface area contributed by atoms with Crippen LogP contribution in [-0.2, 0) is 9.53 Å². The molecule has 0 aromatic carbocycles. The lowest BCUT2D eigenvalue weighted by Crippen LogP contribution is -2.55. The number of aliphatic hydroxyl groups excluding tert-OH is 1. The maximum absolute atomic E-state index is 12.9. The van der Waals surface area contributed by atoms with Crippen molar-refractivity contribution in [1.29, 1.82) is 0 Å². The number of carbonyl (C=O) groups is 1. The van der Waals surface area contributed by atoms with Gasteiger partial charge in [0.2, 0.25) is 0 Å². The Hall–Kier alpha value is -1.70. The molecule has 1 aromatic heterocycles. The standard InChI is InChI=1S/C22H32N4O3/c27-19-13-25(21-6-5-16(12-24-21)15-3-4-15)10-7-18(19)26-11-8-20(22(26)28)29-14-17-2-1-9-23-17/h5-6,12,15,17-20,23,27H,1-4,7-11,13-14H2. The van der Waals surface area contributed by atoms with Gasteiger partial charge in [0.05, 0.1) is 18.8 Å². The average Bonchev–Trinajstić information content (AvgIpc) is 3.34. The van der Waals surface area contributed by atoms with Crippen molar-refractivity contribution in [2.24, 2.45) is 0 Å². The van der Waals surface area contributed by atoms with Crippen molar-refractivity contribution in [3.8, 4) is 0 Å². The molecule has 4 fully saturated rings. The summed E-state index contributed by atoms with van der Waals surface area (Å²) in [6, 6.07) is 4.50. The number of nitrogens with one attached hydrogen (secondary N) is 1. The first-order chi connectivity index (χ1) is 14.2. The summed E-state index contributed by atoms with van der Waals surface area (Å²) in [4.78, 5) is 21.5. The lowest BCUT2D eigenvalue weighted by Gasteiger charge is -2.40. The number of nitrogens with zero attached hydrogens (tertiary/aromatic N) is 3. The third kappa shape index (κ3) is 4.13. The molecule has 4 unspecified atom stereocenters. The lowest BCUT2D eigenvalue weighted by molar-refractivity contribution is -0.142. The molecule has 4 heterocycles. The summed E-state index contributed by atoms with van der Waals surface area (Å²) in [5.74, 6) is 1.67. The lowest BCUT2D eigenvalue weighted by atomic mass is 10.00. The normalized spacial score (nSPS) is 32.9. The Labute approximate surface area is 172 Å². The number of aromatic nitrogens is 1. The number of hydrogen-bond donors (Lipinski definition) is 2. The number of pyridine rings is 1. The number of ether oxygens (including phenoxy) is 1.